The summed E-state index contributed by atoms with van der Waals surface area (Å²) in [5.41, 5.74) is 3.26. The Morgan fingerprint density at radius 3 is 2.58 bits per heavy atom. The number of fused-ring (bicyclic) bond motifs is 1. The molecule has 0 spiro atoms. The van der Waals surface area contributed by atoms with Crippen LogP contribution < -0.4 is 9.62 Å². The number of nitrogens with zero attached hydrogens (tertiary/aromatic N) is 1. The summed E-state index contributed by atoms with van der Waals surface area (Å²) in [6.45, 7) is 2.46. The molecule has 3 rings (SSSR count). The molecule has 1 heterocycles. The number of hydrogen-bond donors (Lipinski definition) is 1. The van der Waals surface area contributed by atoms with Crippen molar-refractivity contribution in [1.82, 2.24) is 0 Å². The zero-order chi connectivity index (χ0) is 18.7. The number of carbonyl (C=O) groups is 1. The molecule has 5 nitrogen and oxygen atoms in total. The summed E-state index contributed by atoms with van der Waals surface area (Å²) in [5, 5.41) is 2.95. The molecule has 2 aromatic carbocycles. The number of sulfonamides is 1. The van der Waals surface area contributed by atoms with Crippen LogP contribution in [0.2, 0.25) is 0 Å². The standard InChI is InChI=1S/C20H24N2O3S/c1-3-18(15-8-5-4-6-9-15)20(23)21-17-12-11-16-10-7-13-22(19(16)14-17)26(2,24)25/h4-6,8-9,11-12,14,18H,3,7,10,13H2,1-2H3,(H,21,23). The van der Waals surface area contributed by atoms with Crippen LogP contribution in [-0.4, -0.2) is 27.1 Å². The Labute approximate surface area is 155 Å². The highest BCUT2D eigenvalue weighted by atomic mass is 32.2. The molecule has 0 aromatic heterocycles. The first-order valence-corrected chi connectivity index (χ1v) is 10.7. The third-order valence-electron chi connectivity index (χ3n) is 4.76. The van der Waals surface area contributed by atoms with Crippen LogP contribution in [0.15, 0.2) is 48.5 Å². The number of aryl methyl sites for hydroxylation is 1. The molecule has 1 N–H and O–H groups in total. The molecule has 0 aliphatic carbocycles. The Bertz CT molecular complexity index is 895. The Balaban J connectivity index is 1.86. The van der Waals surface area contributed by atoms with E-state index in [-0.39, 0.29) is 11.8 Å². The van der Waals surface area contributed by atoms with Gasteiger partial charge in [-0.1, -0.05) is 43.3 Å². The van der Waals surface area contributed by atoms with Gasteiger partial charge in [0.05, 0.1) is 17.9 Å². The smallest absolute Gasteiger partial charge is 0.232 e. The van der Waals surface area contributed by atoms with E-state index in [1.54, 1.807) is 6.07 Å². The van der Waals surface area contributed by atoms with Crippen molar-refractivity contribution >= 4 is 27.3 Å². The highest BCUT2D eigenvalue weighted by Gasteiger charge is 2.25. The van der Waals surface area contributed by atoms with Crippen molar-refractivity contribution in [3.8, 4) is 0 Å². The van der Waals surface area contributed by atoms with Crippen molar-refractivity contribution in [2.45, 2.75) is 32.1 Å². The van der Waals surface area contributed by atoms with Crippen molar-refractivity contribution in [1.29, 1.82) is 0 Å². The molecule has 1 aliphatic heterocycles. The van der Waals surface area contributed by atoms with E-state index in [1.807, 2.05) is 49.4 Å². The van der Waals surface area contributed by atoms with E-state index in [0.717, 1.165) is 24.0 Å². The summed E-state index contributed by atoms with van der Waals surface area (Å²) < 4.78 is 25.5. The molecule has 26 heavy (non-hydrogen) atoms. The fourth-order valence-electron chi connectivity index (χ4n) is 3.45. The second-order valence-electron chi connectivity index (χ2n) is 6.64. The lowest BCUT2D eigenvalue weighted by atomic mass is 9.95. The van der Waals surface area contributed by atoms with Crippen LogP contribution in [0, 0.1) is 0 Å². The van der Waals surface area contributed by atoms with Crippen molar-refractivity contribution < 1.29 is 13.2 Å². The first-order chi connectivity index (χ1) is 12.4. The number of benzene rings is 2. The molecule has 6 heteroatoms. The molecule has 0 saturated carbocycles. The molecule has 0 saturated heterocycles. The molecule has 0 radical (unpaired) electrons. The monoisotopic (exact) mass is 372 g/mol. The first-order valence-electron chi connectivity index (χ1n) is 8.86. The first kappa shape index (κ1) is 18.5. The second kappa shape index (κ2) is 7.50. The molecule has 2 aromatic rings. The predicted molar refractivity (Wildman–Crippen MR) is 105 cm³/mol. The zero-order valence-electron chi connectivity index (χ0n) is 15.1. The number of anilines is 2. The quantitative estimate of drug-likeness (QED) is 0.873. The van der Waals surface area contributed by atoms with E-state index < -0.39 is 10.0 Å². The van der Waals surface area contributed by atoms with Crippen LogP contribution in [0.25, 0.3) is 0 Å². The molecule has 0 bridgehead atoms. The van der Waals surface area contributed by atoms with Gasteiger partial charge >= 0.3 is 0 Å². The Morgan fingerprint density at radius 1 is 1.19 bits per heavy atom. The Kier molecular flexibility index (Phi) is 5.32. The third-order valence-corrected chi connectivity index (χ3v) is 5.94. The average molecular weight is 372 g/mol. The number of amides is 1. The van der Waals surface area contributed by atoms with Gasteiger partial charge in [0.15, 0.2) is 0 Å². The predicted octanol–water partition coefficient (Wildman–Crippen LogP) is 3.53. The zero-order valence-corrected chi connectivity index (χ0v) is 15.9. The van der Waals surface area contributed by atoms with E-state index in [2.05, 4.69) is 5.32 Å². The van der Waals surface area contributed by atoms with Crippen LogP contribution >= 0.6 is 0 Å². The number of hydrogen-bond acceptors (Lipinski definition) is 3. The second-order valence-corrected chi connectivity index (χ2v) is 8.55. The number of rotatable bonds is 5. The number of carbonyl (C=O) groups excluding carboxylic acids is 1. The Hall–Kier alpha value is -2.34. The topological polar surface area (TPSA) is 66.5 Å². The minimum Gasteiger partial charge on any atom is -0.325 e. The van der Waals surface area contributed by atoms with E-state index in [4.69, 9.17) is 0 Å². The molecule has 1 unspecified atom stereocenters. The largest absolute Gasteiger partial charge is 0.325 e. The third kappa shape index (κ3) is 3.90. The molecular weight excluding hydrogens is 348 g/mol. The van der Waals surface area contributed by atoms with Gasteiger partial charge in [-0.05, 0) is 42.5 Å². The molecule has 138 valence electrons. The summed E-state index contributed by atoms with van der Waals surface area (Å²) in [5.74, 6) is -0.321. The van der Waals surface area contributed by atoms with E-state index in [0.29, 0.717) is 24.3 Å². The molecule has 1 amide bonds. The van der Waals surface area contributed by atoms with Gasteiger partial charge in [-0.25, -0.2) is 8.42 Å². The van der Waals surface area contributed by atoms with Crippen LogP contribution in [0.4, 0.5) is 11.4 Å². The van der Waals surface area contributed by atoms with Crippen molar-refractivity contribution in [3.05, 3.63) is 59.7 Å². The lowest BCUT2D eigenvalue weighted by Gasteiger charge is -2.29. The molecule has 0 fully saturated rings. The van der Waals surface area contributed by atoms with Gasteiger partial charge in [-0.2, -0.15) is 0 Å². The van der Waals surface area contributed by atoms with E-state index in [9.17, 15) is 13.2 Å². The average Bonchev–Trinajstić information content (AvgIpc) is 2.62. The fourth-order valence-corrected chi connectivity index (χ4v) is 4.44. The van der Waals surface area contributed by atoms with Crippen LogP contribution in [0.1, 0.15) is 36.8 Å². The summed E-state index contributed by atoms with van der Waals surface area (Å²) in [6.07, 6.45) is 3.56. The number of nitrogens with one attached hydrogen (secondary N) is 1. The lowest BCUT2D eigenvalue weighted by Crippen LogP contribution is -2.34. The molecule has 1 atom stereocenters. The van der Waals surface area contributed by atoms with Crippen molar-refractivity contribution in [2.24, 2.45) is 0 Å². The minimum absolute atomic E-state index is 0.0830. The van der Waals surface area contributed by atoms with Crippen LogP contribution in [0.5, 0.6) is 0 Å². The summed E-state index contributed by atoms with van der Waals surface area (Å²) >= 11 is 0. The van der Waals surface area contributed by atoms with Gasteiger partial charge in [0.2, 0.25) is 15.9 Å². The minimum atomic E-state index is -3.33. The van der Waals surface area contributed by atoms with Gasteiger partial charge < -0.3 is 5.32 Å². The fraction of sp³-hybridized carbons (Fsp3) is 0.350. The van der Waals surface area contributed by atoms with Gasteiger partial charge in [0, 0.05) is 12.2 Å². The molecule has 1 aliphatic rings. The summed E-state index contributed by atoms with van der Waals surface area (Å²) in [6, 6.07) is 15.2. The lowest BCUT2D eigenvalue weighted by molar-refractivity contribution is -0.117. The maximum atomic E-state index is 12.7. The highest BCUT2D eigenvalue weighted by molar-refractivity contribution is 7.92. The maximum absolute atomic E-state index is 12.7. The Morgan fingerprint density at radius 2 is 1.92 bits per heavy atom. The summed E-state index contributed by atoms with van der Waals surface area (Å²) in [7, 11) is -3.33. The SMILES string of the molecule is CCC(C(=O)Nc1ccc2c(c1)N(S(C)(=O)=O)CCC2)c1ccccc1. The van der Waals surface area contributed by atoms with Crippen LogP contribution in [-0.2, 0) is 21.2 Å². The van der Waals surface area contributed by atoms with Crippen LogP contribution in [0.3, 0.4) is 0 Å². The normalized spacial score (nSPS) is 15.2. The van der Waals surface area contributed by atoms with Crippen molar-refractivity contribution in [2.75, 3.05) is 22.4 Å². The molecular formula is C20H24N2O3S. The van der Waals surface area contributed by atoms with E-state index in [1.165, 1.54) is 10.6 Å². The van der Waals surface area contributed by atoms with Gasteiger partial charge in [0.25, 0.3) is 0 Å². The summed E-state index contributed by atoms with van der Waals surface area (Å²) in [4.78, 5) is 12.7. The highest BCUT2D eigenvalue weighted by Crippen LogP contribution is 2.32. The van der Waals surface area contributed by atoms with Gasteiger partial charge in [0.1, 0.15) is 0 Å². The van der Waals surface area contributed by atoms with Gasteiger partial charge in [-0.3, -0.25) is 9.10 Å². The van der Waals surface area contributed by atoms with Gasteiger partial charge in [-0.15, -0.1) is 0 Å². The van der Waals surface area contributed by atoms with E-state index >= 15 is 0 Å². The van der Waals surface area contributed by atoms with Crippen molar-refractivity contribution in [3.63, 3.8) is 0 Å². The maximum Gasteiger partial charge on any atom is 0.232 e.